The van der Waals surface area contributed by atoms with Gasteiger partial charge in [0, 0.05) is 24.4 Å². The van der Waals surface area contributed by atoms with Gasteiger partial charge in [-0.3, -0.25) is 9.79 Å². The van der Waals surface area contributed by atoms with Crippen LogP contribution in [0.5, 0.6) is 0 Å². The number of amides is 1. The van der Waals surface area contributed by atoms with Gasteiger partial charge in [0.15, 0.2) is 21.5 Å². The molecule has 0 unspecified atom stereocenters. The van der Waals surface area contributed by atoms with Gasteiger partial charge in [0.05, 0.1) is 5.75 Å². The summed E-state index contributed by atoms with van der Waals surface area (Å²) in [6.45, 7) is 3.88. The lowest BCUT2D eigenvalue weighted by atomic mass is 9.92. The first-order valence-corrected chi connectivity index (χ1v) is 9.36. The van der Waals surface area contributed by atoms with Crippen molar-refractivity contribution in [3.8, 4) is 0 Å². The summed E-state index contributed by atoms with van der Waals surface area (Å²) in [5, 5.41) is 2.36. The summed E-state index contributed by atoms with van der Waals surface area (Å²) >= 11 is 0. The predicted molar refractivity (Wildman–Crippen MR) is 93.7 cm³/mol. The molecule has 144 valence electrons. The van der Waals surface area contributed by atoms with Gasteiger partial charge in [0.2, 0.25) is 5.91 Å². The van der Waals surface area contributed by atoms with Crippen molar-refractivity contribution in [2.24, 2.45) is 10.7 Å². The first-order chi connectivity index (χ1) is 11.8. The highest BCUT2D eigenvalue weighted by Gasteiger charge is 2.49. The van der Waals surface area contributed by atoms with Crippen molar-refractivity contribution in [3.05, 3.63) is 29.3 Å². The van der Waals surface area contributed by atoms with Gasteiger partial charge in [0.25, 0.3) is 0 Å². The van der Waals surface area contributed by atoms with Crippen molar-refractivity contribution in [2.75, 3.05) is 24.8 Å². The molecule has 0 spiro atoms. The smallest absolute Gasteiger partial charge is 0.250 e. The van der Waals surface area contributed by atoms with Crippen LogP contribution in [0.2, 0.25) is 0 Å². The molecule has 0 fully saturated rings. The first-order valence-electron chi connectivity index (χ1n) is 7.70. The van der Waals surface area contributed by atoms with Gasteiger partial charge < -0.3 is 15.8 Å². The number of amidine groups is 1. The predicted octanol–water partition coefficient (Wildman–Crippen LogP) is 1.33. The summed E-state index contributed by atoms with van der Waals surface area (Å²) in [6.07, 6.45) is 0. The van der Waals surface area contributed by atoms with E-state index < -0.39 is 43.4 Å². The summed E-state index contributed by atoms with van der Waals surface area (Å²) < 4.78 is 56.9. The molecule has 7 nitrogen and oxygen atoms in total. The van der Waals surface area contributed by atoms with Crippen LogP contribution in [0.25, 0.3) is 0 Å². The lowest BCUT2D eigenvalue weighted by molar-refractivity contribution is -0.119. The van der Waals surface area contributed by atoms with Gasteiger partial charge in [-0.25, -0.2) is 17.2 Å². The van der Waals surface area contributed by atoms with Gasteiger partial charge in [-0.05, 0) is 26.8 Å². The number of hydrogen-bond acceptors (Lipinski definition) is 6. The van der Waals surface area contributed by atoms with Crippen molar-refractivity contribution in [3.63, 3.8) is 0 Å². The van der Waals surface area contributed by atoms with E-state index in [0.717, 1.165) is 12.1 Å². The highest BCUT2D eigenvalue weighted by molar-refractivity contribution is 7.93. The molecule has 3 N–H and O–H groups in total. The Morgan fingerprint density at radius 1 is 1.35 bits per heavy atom. The number of nitrogens with one attached hydrogen (secondary N) is 1. The van der Waals surface area contributed by atoms with Crippen LogP contribution in [0.15, 0.2) is 17.1 Å². The van der Waals surface area contributed by atoms with Gasteiger partial charge in [0.1, 0.15) is 22.7 Å². The van der Waals surface area contributed by atoms with Crippen LogP contribution in [0, 0.1) is 11.6 Å². The molecule has 1 heterocycles. The van der Waals surface area contributed by atoms with E-state index in [1.807, 2.05) is 0 Å². The number of hydrogen-bond donors (Lipinski definition) is 2. The van der Waals surface area contributed by atoms with Crippen molar-refractivity contribution < 1.29 is 26.7 Å². The minimum atomic E-state index is -3.79. The van der Waals surface area contributed by atoms with Crippen LogP contribution in [-0.2, 0) is 24.9 Å². The number of carbonyl (C=O) groups is 1. The molecule has 10 heteroatoms. The average molecular weight is 389 g/mol. The first kappa shape index (κ1) is 20.2. The molecule has 0 aromatic heterocycles. The number of nitrogens with two attached hydrogens (primary N) is 1. The minimum Gasteiger partial charge on any atom is -0.386 e. The summed E-state index contributed by atoms with van der Waals surface area (Å²) in [6, 6.07) is 1.95. The van der Waals surface area contributed by atoms with Crippen molar-refractivity contribution in [1.82, 2.24) is 0 Å². The number of nitrogens with zero attached hydrogens (tertiary/aromatic N) is 1. The van der Waals surface area contributed by atoms with Crippen LogP contribution in [0.4, 0.5) is 14.5 Å². The van der Waals surface area contributed by atoms with E-state index in [0.29, 0.717) is 0 Å². The number of sulfone groups is 1. The van der Waals surface area contributed by atoms with E-state index in [1.54, 1.807) is 0 Å². The fraction of sp³-hybridized carbons (Fsp3) is 0.500. The molecule has 0 saturated carbocycles. The Hall–Kier alpha value is -2.07. The third-order valence-electron chi connectivity index (χ3n) is 4.40. The maximum absolute atomic E-state index is 14.5. The zero-order valence-electron chi connectivity index (χ0n) is 14.9. The summed E-state index contributed by atoms with van der Waals surface area (Å²) in [5.41, 5.74) is 3.83. The molecule has 0 radical (unpaired) electrons. The Bertz CT molecular complexity index is 884. The second-order valence-corrected chi connectivity index (χ2v) is 9.38. The van der Waals surface area contributed by atoms with Gasteiger partial charge in [-0.1, -0.05) is 0 Å². The molecular formula is C16H21F2N3O4S. The number of anilines is 1. The quantitative estimate of drug-likeness (QED) is 0.807. The van der Waals surface area contributed by atoms with E-state index in [9.17, 15) is 22.0 Å². The fourth-order valence-corrected chi connectivity index (χ4v) is 4.35. The van der Waals surface area contributed by atoms with Crippen LogP contribution >= 0.6 is 0 Å². The molecule has 1 amide bonds. The van der Waals surface area contributed by atoms with Gasteiger partial charge >= 0.3 is 0 Å². The molecule has 1 atom stereocenters. The zero-order valence-corrected chi connectivity index (χ0v) is 15.7. The molecular weight excluding hydrogens is 368 g/mol. The lowest BCUT2D eigenvalue weighted by Crippen LogP contribution is -2.55. The monoisotopic (exact) mass is 389 g/mol. The van der Waals surface area contributed by atoms with E-state index in [4.69, 9.17) is 5.73 Å². The molecule has 1 aliphatic heterocycles. The molecule has 0 aliphatic carbocycles. The number of aliphatic imine (C=N–C) groups is 1. The second-order valence-electron chi connectivity index (χ2n) is 6.84. The largest absolute Gasteiger partial charge is 0.386 e. The number of benzene rings is 1. The Morgan fingerprint density at radius 3 is 2.50 bits per heavy atom. The van der Waals surface area contributed by atoms with E-state index in [2.05, 4.69) is 15.0 Å². The summed E-state index contributed by atoms with van der Waals surface area (Å²) in [4.78, 5) is 15.8. The number of methoxy groups -OCH3 is 1. The van der Waals surface area contributed by atoms with Crippen molar-refractivity contribution in [2.45, 2.75) is 31.1 Å². The molecule has 0 bridgehead atoms. The topological polar surface area (TPSA) is 111 Å². The maximum atomic E-state index is 14.5. The molecule has 0 saturated heterocycles. The number of ether oxygens (including phenoxy) is 1. The normalized spacial score (nSPS) is 24.0. The van der Waals surface area contributed by atoms with Gasteiger partial charge in [-0.2, -0.15) is 0 Å². The highest BCUT2D eigenvalue weighted by atomic mass is 32.2. The minimum absolute atomic E-state index is 0.0434. The number of carbonyl (C=O) groups excluding carboxylic acids is 1. The van der Waals surface area contributed by atoms with E-state index in [1.165, 1.54) is 27.9 Å². The average Bonchev–Trinajstić information content (AvgIpc) is 2.48. The molecule has 2 rings (SSSR count). The molecule has 1 aliphatic rings. The fourth-order valence-electron chi connectivity index (χ4n) is 2.66. The molecule has 1 aromatic carbocycles. The summed E-state index contributed by atoms with van der Waals surface area (Å²) in [7, 11) is -2.48. The van der Waals surface area contributed by atoms with Crippen molar-refractivity contribution >= 4 is 27.3 Å². The summed E-state index contributed by atoms with van der Waals surface area (Å²) in [5.74, 6) is -3.81. The van der Waals surface area contributed by atoms with Crippen LogP contribution in [0.1, 0.15) is 26.3 Å². The van der Waals surface area contributed by atoms with E-state index >= 15 is 0 Å². The Morgan fingerprint density at radius 2 is 1.96 bits per heavy atom. The third-order valence-corrected chi connectivity index (χ3v) is 7.11. The van der Waals surface area contributed by atoms with Crippen molar-refractivity contribution in [1.29, 1.82) is 0 Å². The highest BCUT2D eigenvalue weighted by Crippen LogP contribution is 2.39. The van der Waals surface area contributed by atoms with Crippen LogP contribution in [-0.4, -0.2) is 44.4 Å². The van der Waals surface area contributed by atoms with E-state index in [-0.39, 0.29) is 23.7 Å². The lowest BCUT2D eigenvalue weighted by Gasteiger charge is -2.38. The maximum Gasteiger partial charge on any atom is 0.250 e. The standard InChI is InChI=1S/C16H21F2N3O4S/c1-15(2)14(19)21-16(3,8-26(15,23)24)10-5-9(6-11(17)13(10)18)20-12(22)7-25-4/h5-6H,7-8H2,1-4H3,(H2,19,21)(H,20,22)/t16-/m0/s1. The van der Waals surface area contributed by atoms with Gasteiger partial charge in [-0.15, -0.1) is 0 Å². The second kappa shape index (κ2) is 6.58. The van der Waals surface area contributed by atoms with Crippen LogP contribution < -0.4 is 11.1 Å². The third kappa shape index (κ3) is 3.43. The molecule has 26 heavy (non-hydrogen) atoms. The molecule has 1 aromatic rings. The number of halogens is 2. The Balaban J connectivity index is 2.59. The zero-order chi connectivity index (χ0) is 19.9. The SMILES string of the molecule is COCC(=O)Nc1cc(F)c(F)c([C@]2(C)CS(=O)(=O)C(C)(C)C(N)=N2)c1. The Kier molecular flexibility index (Phi) is 5.13. The number of rotatable bonds is 4. The Labute approximate surface area is 150 Å². The van der Waals surface area contributed by atoms with Crippen LogP contribution in [0.3, 0.4) is 0 Å².